The molecule has 1 heterocycles. The lowest BCUT2D eigenvalue weighted by molar-refractivity contribution is -0.215. The molecule has 2 aliphatic rings. The molecular weight excluding hydrogens is 309 g/mol. The van der Waals surface area contributed by atoms with E-state index < -0.39 is 23.0 Å². The van der Waals surface area contributed by atoms with E-state index in [-0.39, 0.29) is 24.7 Å². The van der Waals surface area contributed by atoms with Crippen LogP contribution in [0.15, 0.2) is 12.2 Å². The van der Waals surface area contributed by atoms with Crippen LogP contribution < -0.4 is 0 Å². The van der Waals surface area contributed by atoms with Gasteiger partial charge in [-0.2, -0.15) is 13.2 Å². The maximum Gasteiger partial charge on any atom is 0.401 e. The molecule has 1 aliphatic carbocycles. The number of unbranched alkanes of at least 4 members (excludes halogenated alkanes) is 1. The topological polar surface area (TPSA) is 43.4 Å². The van der Waals surface area contributed by atoms with Crippen LogP contribution in [0.3, 0.4) is 0 Å². The predicted octanol–water partition coefficient (Wildman–Crippen LogP) is 4.36. The Labute approximate surface area is 134 Å². The maximum atomic E-state index is 13.4. The fraction of sp³-hybridized carbons (Fsp3) is 0.765. The maximum absolute atomic E-state index is 13.4. The minimum Gasteiger partial charge on any atom is -0.454 e. The van der Waals surface area contributed by atoms with Crippen LogP contribution in [0.2, 0.25) is 0 Å². The van der Waals surface area contributed by atoms with Crippen molar-refractivity contribution in [3.8, 4) is 0 Å². The SMILES string of the molecule is CCCC[C@@](C)(C(=O)C=C[C@@]12CCC[C@H]1CC(=O)O2)C(F)(F)F. The van der Waals surface area contributed by atoms with Crippen LogP contribution >= 0.6 is 0 Å². The second-order valence-corrected chi connectivity index (χ2v) is 6.85. The fourth-order valence-corrected chi connectivity index (χ4v) is 3.53. The minimum absolute atomic E-state index is 0.0214. The van der Waals surface area contributed by atoms with Crippen LogP contribution in [-0.2, 0) is 14.3 Å². The van der Waals surface area contributed by atoms with Crippen molar-refractivity contribution in [3.05, 3.63) is 12.2 Å². The molecule has 0 aromatic carbocycles. The van der Waals surface area contributed by atoms with Crippen molar-refractivity contribution in [2.24, 2.45) is 11.3 Å². The highest BCUT2D eigenvalue weighted by Gasteiger charge is 2.55. The highest BCUT2D eigenvalue weighted by Crippen LogP contribution is 2.48. The molecule has 130 valence electrons. The Morgan fingerprint density at radius 2 is 2.13 bits per heavy atom. The lowest BCUT2D eigenvalue weighted by Crippen LogP contribution is -2.42. The van der Waals surface area contributed by atoms with Crippen molar-refractivity contribution in [2.45, 2.75) is 70.6 Å². The third kappa shape index (κ3) is 3.31. The zero-order valence-corrected chi connectivity index (χ0v) is 13.5. The van der Waals surface area contributed by atoms with E-state index in [0.29, 0.717) is 19.3 Å². The van der Waals surface area contributed by atoms with E-state index in [1.54, 1.807) is 6.92 Å². The van der Waals surface area contributed by atoms with Crippen molar-refractivity contribution in [1.29, 1.82) is 0 Å². The summed E-state index contributed by atoms with van der Waals surface area (Å²) in [4.78, 5) is 23.8. The van der Waals surface area contributed by atoms with Crippen molar-refractivity contribution < 1.29 is 27.5 Å². The van der Waals surface area contributed by atoms with E-state index in [1.807, 2.05) is 0 Å². The number of esters is 1. The number of halogens is 3. The van der Waals surface area contributed by atoms with Gasteiger partial charge in [-0.1, -0.05) is 19.8 Å². The standard InChI is InChI=1S/C17H23F3O3/c1-3-4-8-15(2,17(18,19)20)13(21)7-10-16-9-5-6-12(16)11-14(22)23-16/h7,10,12H,3-6,8-9,11H2,1-2H3/t12-,15-,16-/m0/s1. The van der Waals surface area contributed by atoms with Crippen LogP contribution in [0.1, 0.15) is 58.8 Å². The zero-order chi connectivity index (χ0) is 17.3. The number of ether oxygens (including phenoxy) is 1. The molecule has 0 unspecified atom stereocenters. The van der Waals surface area contributed by atoms with Crippen LogP contribution in [0.4, 0.5) is 13.2 Å². The van der Waals surface area contributed by atoms with Crippen LogP contribution in [0.25, 0.3) is 0 Å². The fourth-order valence-electron chi connectivity index (χ4n) is 3.53. The molecule has 1 saturated carbocycles. The summed E-state index contributed by atoms with van der Waals surface area (Å²) in [6.07, 6.45) is 1.02. The number of fused-ring (bicyclic) bond motifs is 1. The Morgan fingerprint density at radius 3 is 2.74 bits per heavy atom. The van der Waals surface area contributed by atoms with Crippen molar-refractivity contribution in [1.82, 2.24) is 0 Å². The molecule has 0 radical (unpaired) electrons. The molecule has 0 aromatic heterocycles. The van der Waals surface area contributed by atoms with E-state index in [4.69, 9.17) is 4.74 Å². The quantitative estimate of drug-likeness (QED) is 0.536. The summed E-state index contributed by atoms with van der Waals surface area (Å²) >= 11 is 0. The van der Waals surface area contributed by atoms with Gasteiger partial charge in [0.2, 0.25) is 0 Å². The van der Waals surface area contributed by atoms with E-state index in [9.17, 15) is 22.8 Å². The molecule has 23 heavy (non-hydrogen) atoms. The molecule has 2 fully saturated rings. The first kappa shape index (κ1) is 18.0. The number of alkyl halides is 3. The van der Waals surface area contributed by atoms with Gasteiger partial charge in [0.25, 0.3) is 0 Å². The minimum atomic E-state index is -4.59. The number of hydrogen-bond donors (Lipinski definition) is 0. The Bertz CT molecular complexity index is 512. The number of carbonyl (C=O) groups is 2. The molecule has 2 rings (SSSR count). The number of carbonyl (C=O) groups excluding carboxylic acids is 2. The lowest BCUT2D eigenvalue weighted by Gasteiger charge is -2.30. The molecule has 3 nitrogen and oxygen atoms in total. The van der Waals surface area contributed by atoms with Crippen LogP contribution in [-0.4, -0.2) is 23.5 Å². The molecule has 0 spiro atoms. The monoisotopic (exact) mass is 332 g/mol. The van der Waals surface area contributed by atoms with E-state index in [2.05, 4.69) is 0 Å². The number of hydrogen-bond acceptors (Lipinski definition) is 3. The normalized spacial score (nSPS) is 30.3. The van der Waals surface area contributed by atoms with Gasteiger partial charge in [0.1, 0.15) is 11.0 Å². The Morgan fingerprint density at radius 1 is 1.43 bits per heavy atom. The summed E-state index contributed by atoms with van der Waals surface area (Å²) in [6, 6.07) is 0. The average Bonchev–Trinajstić information content (AvgIpc) is 2.96. The molecule has 1 saturated heterocycles. The summed E-state index contributed by atoms with van der Waals surface area (Å²) in [7, 11) is 0. The Balaban J connectivity index is 2.20. The van der Waals surface area contributed by atoms with E-state index >= 15 is 0 Å². The zero-order valence-electron chi connectivity index (χ0n) is 13.5. The first-order valence-corrected chi connectivity index (χ1v) is 8.17. The van der Waals surface area contributed by atoms with Gasteiger partial charge in [-0.25, -0.2) is 0 Å². The molecule has 1 aliphatic heterocycles. The van der Waals surface area contributed by atoms with Gasteiger partial charge in [0.15, 0.2) is 5.78 Å². The third-order valence-electron chi connectivity index (χ3n) is 5.24. The molecule has 0 bridgehead atoms. The second-order valence-electron chi connectivity index (χ2n) is 6.85. The van der Waals surface area contributed by atoms with E-state index in [1.165, 1.54) is 6.08 Å². The summed E-state index contributed by atoms with van der Waals surface area (Å²) in [5.74, 6) is -1.32. The summed E-state index contributed by atoms with van der Waals surface area (Å²) in [5.41, 5.74) is -3.25. The molecule has 6 heteroatoms. The van der Waals surface area contributed by atoms with Gasteiger partial charge >= 0.3 is 12.1 Å². The van der Waals surface area contributed by atoms with Gasteiger partial charge < -0.3 is 4.74 Å². The lowest BCUT2D eigenvalue weighted by atomic mass is 9.79. The highest BCUT2D eigenvalue weighted by molar-refractivity contribution is 5.95. The Kier molecular flexibility index (Phi) is 4.92. The summed E-state index contributed by atoms with van der Waals surface area (Å²) in [6.45, 7) is 2.75. The van der Waals surface area contributed by atoms with Crippen molar-refractivity contribution in [2.75, 3.05) is 0 Å². The van der Waals surface area contributed by atoms with Gasteiger partial charge in [-0.15, -0.1) is 0 Å². The Hall–Kier alpha value is -1.33. The number of allylic oxidation sites excluding steroid dienone is 1. The summed E-state index contributed by atoms with van der Waals surface area (Å²) < 4.78 is 45.4. The second kappa shape index (κ2) is 6.29. The first-order valence-electron chi connectivity index (χ1n) is 8.17. The highest BCUT2D eigenvalue weighted by atomic mass is 19.4. The summed E-state index contributed by atoms with van der Waals surface area (Å²) in [5, 5.41) is 0. The third-order valence-corrected chi connectivity index (χ3v) is 5.24. The van der Waals surface area contributed by atoms with Gasteiger partial charge in [0, 0.05) is 5.92 Å². The molecule has 0 N–H and O–H groups in total. The molecule has 0 amide bonds. The van der Waals surface area contributed by atoms with Gasteiger partial charge in [-0.05, 0) is 44.8 Å². The smallest absolute Gasteiger partial charge is 0.401 e. The van der Waals surface area contributed by atoms with Crippen LogP contribution in [0.5, 0.6) is 0 Å². The van der Waals surface area contributed by atoms with Crippen molar-refractivity contribution in [3.63, 3.8) is 0 Å². The number of rotatable bonds is 6. The van der Waals surface area contributed by atoms with Crippen LogP contribution in [0, 0.1) is 11.3 Å². The predicted molar refractivity (Wildman–Crippen MR) is 78.6 cm³/mol. The first-order chi connectivity index (χ1) is 10.6. The molecule has 0 aromatic rings. The van der Waals surface area contributed by atoms with Crippen molar-refractivity contribution >= 4 is 11.8 Å². The van der Waals surface area contributed by atoms with Gasteiger partial charge in [0.05, 0.1) is 6.42 Å². The largest absolute Gasteiger partial charge is 0.454 e. The molecule has 3 atom stereocenters. The molecular formula is C17H23F3O3. The number of ketones is 1. The van der Waals surface area contributed by atoms with E-state index in [0.717, 1.165) is 25.8 Å². The average molecular weight is 332 g/mol. The van der Waals surface area contributed by atoms with Gasteiger partial charge in [-0.3, -0.25) is 9.59 Å².